The lowest BCUT2D eigenvalue weighted by Crippen LogP contribution is -2.39. The second-order valence-corrected chi connectivity index (χ2v) is 7.80. The molecule has 1 aliphatic rings. The number of rotatable bonds is 12. The summed E-state index contributed by atoms with van der Waals surface area (Å²) in [7, 11) is 1.82. The molecular formula is C23H41IN4O2. The van der Waals surface area contributed by atoms with Crippen molar-refractivity contribution >= 4 is 29.9 Å². The van der Waals surface area contributed by atoms with Gasteiger partial charge in [0, 0.05) is 26.7 Å². The van der Waals surface area contributed by atoms with Crippen molar-refractivity contribution in [3.05, 3.63) is 35.4 Å². The zero-order chi connectivity index (χ0) is 20.7. The van der Waals surface area contributed by atoms with Crippen LogP contribution in [0, 0.1) is 5.92 Å². The molecule has 1 aliphatic heterocycles. The molecule has 30 heavy (non-hydrogen) atoms. The molecule has 7 heteroatoms. The summed E-state index contributed by atoms with van der Waals surface area (Å²) >= 11 is 0. The Kier molecular flexibility index (Phi) is 15.2. The number of aliphatic imine (C=N–C) groups is 1. The molecule has 0 unspecified atom stereocenters. The third-order valence-electron chi connectivity index (χ3n) is 5.34. The minimum atomic E-state index is 0. The van der Waals surface area contributed by atoms with E-state index >= 15 is 0 Å². The summed E-state index contributed by atoms with van der Waals surface area (Å²) in [6, 6.07) is 8.48. The monoisotopic (exact) mass is 532 g/mol. The highest BCUT2D eigenvalue weighted by atomic mass is 127. The highest BCUT2D eigenvalue weighted by Gasteiger charge is 2.14. The number of halogens is 1. The van der Waals surface area contributed by atoms with Crippen molar-refractivity contribution in [1.29, 1.82) is 0 Å². The van der Waals surface area contributed by atoms with E-state index in [0.29, 0.717) is 19.8 Å². The Balaban J connectivity index is 0.00000450. The zero-order valence-electron chi connectivity index (χ0n) is 19.0. The topological polar surface area (TPSA) is 58.1 Å². The molecule has 1 saturated heterocycles. The molecule has 2 N–H and O–H groups in total. The summed E-state index contributed by atoms with van der Waals surface area (Å²) in [4.78, 5) is 6.92. The summed E-state index contributed by atoms with van der Waals surface area (Å²) in [6.07, 6.45) is 3.82. The van der Waals surface area contributed by atoms with Gasteiger partial charge in [-0.15, -0.1) is 24.0 Å². The summed E-state index contributed by atoms with van der Waals surface area (Å²) in [5.41, 5.74) is 2.40. The van der Waals surface area contributed by atoms with Gasteiger partial charge in [0.25, 0.3) is 0 Å². The Bertz CT molecular complexity index is 592. The lowest BCUT2D eigenvalue weighted by molar-refractivity contribution is 0.0453. The van der Waals surface area contributed by atoms with Gasteiger partial charge in [0.05, 0.1) is 19.8 Å². The maximum Gasteiger partial charge on any atom is 0.191 e. The molecule has 0 atom stereocenters. The van der Waals surface area contributed by atoms with Crippen molar-refractivity contribution < 1.29 is 9.47 Å². The second-order valence-electron chi connectivity index (χ2n) is 7.80. The molecule has 1 aromatic carbocycles. The molecular weight excluding hydrogens is 491 g/mol. The van der Waals surface area contributed by atoms with Gasteiger partial charge in [0.2, 0.25) is 0 Å². The van der Waals surface area contributed by atoms with Gasteiger partial charge in [-0.05, 0) is 62.9 Å². The van der Waals surface area contributed by atoms with Crippen LogP contribution in [0.1, 0.15) is 44.2 Å². The summed E-state index contributed by atoms with van der Waals surface area (Å²) in [6.45, 7) is 12.3. The molecule has 1 fully saturated rings. The second kappa shape index (κ2) is 16.8. The normalized spacial score (nSPS) is 15.6. The molecule has 0 aliphatic carbocycles. The van der Waals surface area contributed by atoms with Crippen molar-refractivity contribution in [3.63, 3.8) is 0 Å². The number of ether oxygens (including phenoxy) is 2. The fourth-order valence-corrected chi connectivity index (χ4v) is 3.48. The van der Waals surface area contributed by atoms with Crippen LogP contribution >= 0.6 is 24.0 Å². The van der Waals surface area contributed by atoms with E-state index in [4.69, 9.17) is 9.47 Å². The first-order chi connectivity index (χ1) is 14.2. The molecule has 0 spiro atoms. The Morgan fingerprint density at radius 1 is 1.13 bits per heavy atom. The van der Waals surface area contributed by atoms with Crippen molar-refractivity contribution in [2.75, 3.05) is 53.0 Å². The molecule has 0 bridgehead atoms. The Hall–Kier alpha value is -0.900. The largest absolute Gasteiger partial charge is 0.379 e. The van der Waals surface area contributed by atoms with Gasteiger partial charge in [-0.2, -0.15) is 0 Å². The van der Waals surface area contributed by atoms with Gasteiger partial charge >= 0.3 is 0 Å². The van der Waals surface area contributed by atoms with Crippen LogP contribution in [-0.4, -0.2) is 63.9 Å². The number of piperidine rings is 1. The van der Waals surface area contributed by atoms with Crippen LogP contribution in [0.3, 0.4) is 0 Å². The molecule has 2 rings (SSSR count). The maximum absolute atomic E-state index is 5.66. The van der Waals surface area contributed by atoms with E-state index in [9.17, 15) is 0 Å². The third-order valence-corrected chi connectivity index (χ3v) is 5.34. The first kappa shape index (κ1) is 27.1. The van der Waals surface area contributed by atoms with E-state index in [2.05, 4.69) is 51.7 Å². The first-order valence-corrected chi connectivity index (χ1v) is 11.1. The van der Waals surface area contributed by atoms with Gasteiger partial charge in [0.15, 0.2) is 5.96 Å². The van der Waals surface area contributed by atoms with E-state index < -0.39 is 0 Å². The molecule has 6 nitrogen and oxygen atoms in total. The van der Waals surface area contributed by atoms with E-state index in [1.807, 2.05) is 14.0 Å². The number of hydrogen-bond acceptors (Lipinski definition) is 4. The number of likely N-dealkylation sites (tertiary alicyclic amines) is 1. The Labute approximate surface area is 200 Å². The highest BCUT2D eigenvalue weighted by molar-refractivity contribution is 14.0. The Morgan fingerprint density at radius 2 is 1.87 bits per heavy atom. The predicted octanol–water partition coefficient (Wildman–Crippen LogP) is 3.64. The van der Waals surface area contributed by atoms with Crippen LogP contribution in [0.25, 0.3) is 0 Å². The minimum Gasteiger partial charge on any atom is -0.379 e. The van der Waals surface area contributed by atoms with Crippen LogP contribution < -0.4 is 10.6 Å². The third kappa shape index (κ3) is 11.5. The fraction of sp³-hybridized carbons (Fsp3) is 0.696. The smallest absolute Gasteiger partial charge is 0.191 e. The molecule has 172 valence electrons. The van der Waals surface area contributed by atoms with Crippen molar-refractivity contribution in [2.45, 2.75) is 46.3 Å². The van der Waals surface area contributed by atoms with Crippen LogP contribution in [0.2, 0.25) is 0 Å². The number of nitrogens with zero attached hydrogens (tertiary/aromatic N) is 2. The summed E-state index contributed by atoms with van der Waals surface area (Å²) in [5.74, 6) is 1.75. The standard InChI is InChI=1S/C23H40N4O2.HI/c1-4-28-15-16-29-19-22-8-5-7-21(17-22)18-26-23(24-3)25-11-6-12-27-13-9-20(2)10-14-27;/h5,7-8,17,20H,4,6,9-16,18-19H2,1-3H3,(H2,24,25,26);1H. The van der Waals surface area contributed by atoms with Crippen molar-refractivity contribution in [3.8, 4) is 0 Å². The molecule has 0 amide bonds. The Morgan fingerprint density at radius 3 is 2.60 bits per heavy atom. The van der Waals surface area contributed by atoms with Gasteiger partial charge in [-0.1, -0.05) is 31.2 Å². The van der Waals surface area contributed by atoms with Crippen LogP contribution in [0.5, 0.6) is 0 Å². The maximum atomic E-state index is 5.66. The molecule has 1 aromatic rings. The SMILES string of the molecule is CCOCCOCc1cccc(CNC(=NC)NCCCN2CCC(C)CC2)c1.I. The average Bonchev–Trinajstić information content (AvgIpc) is 2.74. The average molecular weight is 533 g/mol. The quantitative estimate of drug-likeness (QED) is 0.186. The lowest BCUT2D eigenvalue weighted by atomic mass is 9.99. The van der Waals surface area contributed by atoms with Crippen LogP contribution in [0.4, 0.5) is 0 Å². The van der Waals surface area contributed by atoms with E-state index in [1.54, 1.807) is 0 Å². The van der Waals surface area contributed by atoms with Gasteiger partial charge < -0.3 is 25.0 Å². The highest BCUT2D eigenvalue weighted by Crippen LogP contribution is 2.15. The number of guanidine groups is 1. The molecule has 0 saturated carbocycles. The molecule has 1 heterocycles. The van der Waals surface area contributed by atoms with Gasteiger partial charge in [0.1, 0.15) is 0 Å². The predicted molar refractivity (Wildman–Crippen MR) is 136 cm³/mol. The van der Waals surface area contributed by atoms with E-state index in [0.717, 1.165) is 38.0 Å². The van der Waals surface area contributed by atoms with Gasteiger partial charge in [-0.25, -0.2) is 0 Å². The van der Waals surface area contributed by atoms with E-state index in [-0.39, 0.29) is 24.0 Å². The zero-order valence-corrected chi connectivity index (χ0v) is 21.3. The lowest BCUT2D eigenvalue weighted by Gasteiger charge is -2.30. The fourth-order valence-electron chi connectivity index (χ4n) is 3.48. The summed E-state index contributed by atoms with van der Waals surface area (Å²) in [5, 5.41) is 6.84. The van der Waals surface area contributed by atoms with Crippen LogP contribution in [0.15, 0.2) is 29.3 Å². The van der Waals surface area contributed by atoms with Gasteiger partial charge in [-0.3, -0.25) is 4.99 Å². The molecule has 0 aromatic heterocycles. The van der Waals surface area contributed by atoms with Crippen LogP contribution in [-0.2, 0) is 22.6 Å². The first-order valence-electron chi connectivity index (χ1n) is 11.1. The molecule has 0 radical (unpaired) electrons. The summed E-state index contributed by atoms with van der Waals surface area (Å²) < 4.78 is 11.0. The van der Waals surface area contributed by atoms with Crippen molar-refractivity contribution in [2.24, 2.45) is 10.9 Å². The van der Waals surface area contributed by atoms with E-state index in [1.165, 1.54) is 43.6 Å². The van der Waals surface area contributed by atoms with Crippen molar-refractivity contribution in [1.82, 2.24) is 15.5 Å². The number of nitrogens with one attached hydrogen (secondary N) is 2. The number of benzene rings is 1. The number of hydrogen-bond donors (Lipinski definition) is 2. The minimum absolute atomic E-state index is 0.